The van der Waals surface area contributed by atoms with Crippen molar-refractivity contribution in [3.05, 3.63) is 0 Å². The summed E-state index contributed by atoms with van der Waals surface area (Å²) in [6, 6.07) is -0.677. The number of carboxylic acids is 1. The van der Waals surface area contributed by atoms with E-state index in [4.69, 9.17) is 10.5 Å². The zero-order valence-corrected chi connectivity index (χ0v) is 13.3. The SMILES string of the molecule is CCOC(=O)C1(C(=O)C[C@@H](CCCNC(N)=O)C(=O)O)CCC1. The second-order valence-electron chi connectivity index (χ2n) is 5.75. The number of ketones is 1. The molecule has 1 fully saturated rings. The van der Waals surface area contributed by atoms with Gasteiger partial charge in [-0.15, -0.1) is 0 Å². The molecule has 0 spiro atoms. The minimum absolute atomic E-state index is 0.189. The number of carbonyl (C=O) groups excluding carboxylic acids is 3. The molecule has 130 valence electrons. The summed E-state index contributed by atoms with van der Waals surface area (Å²) in [6.07, 6.45) is 2.00. The lowest BCUT2D eigenvalue weighted by molar-refractivity contribution is -0.167. The number of ether oxygens (including phenoxy) is 1. The van der Waals surface area contributed by atoms with Gasteiger partial charge in [0.05, 0.1) is 12.5 Å². The average Bonchev–Trinajstić information content (AvgIpc) is 2.40. The number of amides is 2. The number of aliphatic carboxylic acids is 1. The topological polar surface area (TPSA) is 136 Å². The molecule has 1 aliphatic carbocycles. The monoisotopic (exact) mass is 328 g/mol. The Balaban J connectivity index is 2.60. The van der Waals surface area contributed by atoms with Crippen molar-refractivity contribution in [3.63, 3.8) is 0 Å². The van der Waals surface area contributed by atoms with Crippen LogP contribution in [0, 0.1) is 11.3 Å². The largest absolute Gasteiger partial charge is 0.481 e. The van der Waals surface area contributed by atoms with Crippen LogP contribution in [0.5, 0.6) is 0 Å². The molecule has 0 aromatic rings. The second-order valence-corrected chi connectivity index (χ2v) is 5.75. The Morgan fingerprint density at radius 1 is 1.30 bits per heavy atom. The number of hydrogen-bond acceptors (Lipinski definition) is 5. The van der Waals surface area contributed by atoms with E-state index < -0.39 is 29.3 Å². The number of hydrogen-bond donors (Lipinski definition) is 3. The van der Waals surface area contributed by atoms with E-state index in [-0.39, 0.29) is 31.8 Å². The second kappa shape index (κ2) is 8.50. The van der Waals surface area contributed by atoms with E-state index in [0.29, 0.717) is 19.3 Å². The molecule has 1 atom stereocenters. The van der Waals surface area contributed by atoms with Crippen molar-refractivity contribution in [2.45, 2.75) is 45.4 Å². The lowest BCUT2D eigenvalue weighted by atomic mass is 9.64. The third kappa shape index (κ3) is 4.94. The number of primary amides is 1. The number of Topliss-reactive ketones (excluding diaryl/α,β-unsaturated/α-hetero) is 1. The first-order valence-electron chi connectivity index (χ1n) is 7.80. The fourth-order valence-electron chi connectivity index (χ4n) is 2.69. The normalized spacial score (nSPS) is 16.7. The summed E-state index contributed by atoms with van der Waals surface area (Å²) in [5.41, 5.74) is 3.76. The number of rotatable bonds is 10. The van der Waals surface area contributed by atoms with Gasteiger partial charge < -0.3 is 20.9 Å². The van der Waals surface area contributed by atoms with Crippen LogP contribution in [0.4, 0.5) is 4.79 Å². The summed E-state index contributed by atoms with van der Waals surface area (Å²) < 4.78 is 4.97. The highest BCUT2D eigenvalue weighted by Gasteiger charge is 2.52. The zero-order valence-electron chi connectivity index (χ0n) is 13.3. The lowest BCUT2D eigenvalue weighted by Crippen LogP contribution is -2.47. The molecular formula is C15H24N2O6. The van der Waals surface area contributed by atoms with Crippen LogP contribution < -0.4 is 11.1 Å². The summed E-state index contributed by atoms with van der Waals surface area (Å²) in [4.78, 5) is 46.4. The molecule has 2 amide bonds. The smallest absolute Gasteiger partial charge is 0.319 e. The first-order valence-corrected chi connectivity index (χ1v) is 7.80. The molecule has 0 aromatic carbocycles. The average molecular weight is 328 g/mol. The van der Waals surface area contributed by atoms with E-state index in [2.05, 4.69) is 5.32 Å². The first kappa shape index (κ1) is 18.9. The van der Waals surface area contributed by atoms with Gasteiger partial charge in [0, 0.05) is 13.0 Å². The molecule has 1 saturated carbocycles. The van der Waals surface area contributed by atoms with Crippen molar-refractivity contribution >= 4 is 23.8 Å². The lowest BCUT2D eigenvalue weighted by Gasteiger charge is -2.38. The van der Waals surface area contributed by atoms with Gasteiger partial charge in [0.15, 0.2) is 5.78 Å². The van der Waals surface area contributed by atoms with Crippen LogP contribution in [-0.2, 0) is 19.1 Å². The summed E-state index contributed by atoms with van der Waals surface area (Å²) in [7, 11) is 0. The fourth-order valence-corrected chi connectivity index (χ4v) is 2.69. The molecule has 0 unspecified atom stereocenters. The van der Waals surface area contributed by atoms with E-state index in [1.165, 1.54) is 0 Å². The van der Waals surface area contributed by atoms with Crippen LogP contribution in [0.2, 0.25) is 0 Å². The molecule has 0 aromatic heterocycles. The molecule has 23 heavy (non-hydrogen) atoms. The number of esters is 1. The van der Waals surface area contributed by atoms with Crippen LogP contribution in [-0.4, -0.2) is 42.0 Å². The highest BCUT2D eigenvalue weighted by molar-refractivity contribution is 6.05. The van der Waals surface area contributed by atoms with E-state index in [9.17, 15) is 24.3 Å². The van der Waals surface area contributed by atoms with E-state index in [1.807, 2.05) is 0 Å². The third-order valence-corrected chi connectivity index (χ3v) is 4.22. The minimum atomic E-state index is -1.16. The fraction of sp³-hybridized carbons (Fsp3) is 0.733. The Kier molecular flexibility index (Phi) is 6.99. The maximum atomic E-state index is 12.5. The Morgan fingerprint density at radius 3 is 2.39 bits per heavy atom. The highest BCUT2D eigenvalue weighted by atomic mass is 16.5. The molecule has 0 bridgehead atoms. The van der Waals surface area contributed by atoms with Gasteiger partial charge >= 0.3 is 18.0 Å². The van der Waals surface area contributed by atoms with E-state index in [0.717, 1.165) is 6.42 Å². The first-order chi connectivity index (χ1) is 10.8. The molecule has 8 nitrogen and oxygen atoms in total. The molecule has 0 radical (unpaired) electrons. The highest BCUT2D eigenvalue weighted by Crippen LogP contribution is 2.44. The van der Waals surface area contributed by atoms with Crippen molar-refractivity contribution < 1.29 is 29.0 Å². The van der Waals surface area contributed by atoms with Gasteiger partial charge in [-0.2, -0.15) is 0 Å². The molecule has 4 N–H and O–H groups in total. The van der Waals surface area contributed by atoms with Crippen LogP contribution in [0.1, 0.15) is 45.4 Å². The summed E-state index contributed by atoms with van der Waals surface area (Å²) in [5, 5.41) is 11.6. The van der Waals surface area contributed by atoms with E-state index in [1.54, 1.807) is 6.92 Å². The van der Waals surface area contributed by atoms with Crippen LogP contribution in [0.3, 0.4) is 0 Å². The summed E-state index contributed by atoms with van der Waals surface area (Å²) in [6.45, 7) is 2.10. The minimum Gasteiger partial charge on any atom is -0.481 e. The number of urea groups is 1. The van der Waals surface area contributed by atoms with Gasteiger partial charge in [-0.05, 0) is 32.6 Å². The van der Waals surface area contributed by atoms with Crippen molar-refractivity contribution in [2.24, 2.45) is 17.1 Å². The summed E-state index contributed by atoms with van der Waals surface area (Å²) in [5.74, 6) is -2.88. The maximum Gasteiger partial charge on any atom is 0.319 e. The van der Waals surface area contributed by atoms with Gasteiger partial charge in [0.1, 0.15) is 5.41 Å². The van der Waals surface area contributed by atoms with Crippen molar-refractivity contribution in [2.75, 3.05) is 13.2 Å². The van der Waals surface area contributed by atoms with Crippen LogP contribution in [0.25, 0.3) is 0 Å². The summed E-state index contributed by atoms with van der Waals surface area (Å²) >= 11 is 0. The van der Waals surface area contributed by atoms with Crippen molar-refractivity contribution in [3.8, 4) is 0 Å². The standard InChI is InChI=1S/C15H24N2O6/c1-2-23-13(21)15(6-4-7-15)11(18)9-10(12(19)20)5-3-8-17-14(16)22/h10H,2-9H2,1H3,(H,19,20)(H3,16,17,22)/t10-/m1/s1. The number of carbonyl (C=O) groups is 4. The maximum absolute atomic E-state index is 12.5. The predicted octanol–water partition coefficient (Wildman–Crippen LogP) is 0.828. The van der Waals surface area contributed by atoms with Gasteiger partial charge in [-0.1, -0.05) is 6.42 Å². The molecular weight excluding hydrogens is 304 g/mol. The van der Waals surface area contributed by atoms with Crippen molar-refractivity contribution in [1.82, 2.24) is 5.32 Å². The van der Waals surface area contributed by atoms with E-state index >= 15 is 0 Å². The molecule has 0 heterocycles. The number of nitrogens with one attached hydrogen (secondary N) is 1. The molecule has 0 saturated heterocycles. The third-order valence-electron chi connectivity index (χ3n) is 4.22. The van der Waals surface area contributed by atoms with Gasteiger partial charge in [0.2, 0.25) is 0 Å². The Morgan fingerprint density at radius 2 is 1.96 bits per heavy atom. The number of carboxylic acid groups (broad SMARTS) is 1. The molecule has 1 rings (SSSR count). The van der Waals surface area contributed by atoms with Gasteiger partial charge in [0.25, 0.3) is 0 Å². The predicted molar refractivity (Wildman–Crippen MR) is 80.5 cm³/mol. The Bertz CT molecular complexity index is 473. The quantitative estimate of drug-likeness (QED) is 0.309. The van der Waals surface area contributed by atoms with Gasteiger partial charge in [-0.25, -0.2) is 4.79 Å². The van der Waals surface area contributed by atoms with Crippen LogP contribution in [0.15, 0.2) is 0 Å². The van der Waals surface area contributed by atoms with Crippen molar-refractivity contribution in [1.29, 1.82) is 0 Å². The molecule has 1 aliphatic rings. The zero-order chi connectivity index (χ0) is 17.5. The molecule has 0 aliphatic heterocycles. The molecule has 8 heteroatoms. The Labute approximate surface area is 134 Å². The van der Waals surface area contributed by atoms with Crippen LogP contribution >= 0.6 is 0 Å². The van der Waals surface area contributed by atoms with Gasteiger partial charge in [-0.3, -0.25) is 14.4 Å². The number of nitrogens with two attached hydrogens (primary N) is 1. The Hall–Kier alpha value is -2.12.